The summed E-state index contributed by atoms with van der Waals surface area (Å²) < 4.78 is 0. The van der Waals surface area contributed by atoms with Gasteiger partial charge in [0, 0.05) is 18.6 Å². The van der Waals surface area contributed by atoms with Crippen LogP contribution in [-0.2, 0) is 24.0 Å². The summed E-state index contributed by atoms with van der Waals surface area (Å²) in [6.45, 7) is 7.90. The molecule has 0 saturated carbocycles. The maximum Gasteiger partial charge on any atom is 0.333 e. The Balaban J connectivity index is 1.76. The molecule has 7 heteroatoms. The number of imide groups is 1. The lowest BCUT2D eigenvalue weighted by Crippen LogP contribution is -2.35. The van der Waals surface area contributed by atoms with Gasteiger partial charge in [-0.1, -0.05) is 60.7 Å². The number of hydroxylamine groups is 2. The van der Waals surface area contributed by atoms with Crippen molar-refractivity contribution >= 4 is 35.5 Å². The fraction of sp³-hybridized carbons (Fsp3) is 0.130. The lowest BCUT2D eigenvalue weighted by atomic mass is 10.0. The Kier molecular flexibility index (Phi) is 6.22. The molecule has 3 amide bonds. The van der Waals surface area contributed by atoms with Gasteiger partial charge in [-0.3, -0.25) is 14.4 Å². The fourth-order valence-corrected chi connectivity index (χ4v) is 3.08. The molecule has 2 aliphatic rings. The SMILES string of the molecule is C=CC1=C(\C=C)CN(C(=O)CCC(=O)ON2C(=O)C=CC2=O)c2ccccc2/C=C\1. The zero-order valence-electron chi connectivity index (χ0n) is 16.2. The second-order valence-electron chi connectivity index (χ2n) is 6.53. The van der Waals surface area contributed by atoms with Crippen LogP contribution >= 0.6 is 0 Å². The minimum atomic E-state index is -0.847. The van der Waals surface area contributed by atoms with Crippen LogP contribution in [0.3, 0.4) is 0 Å². The first-order chi connectivity index (χ1) is 14.4. The molecule has 0 aromatic heterocycles. The summed E-state index contributed by atoms with van der Waals surface area (Å²) >= 11 is 0. The molecule has 0 atom stereocenters. The number of carbonyl (C=O) groups is 4. The predicted octanol–water partition coefficient (Wildman–Crippen LogP) is 2.88. The highest BCUT2D eigenvalue weighted by Gasteiger charge is 2.28. The second kappa shape index (κ2) is 9.00. The minimum absolute atomic E-state index is 0.158. The van der Waals surface area contributed by atoms with Gasteiger partial charge in [-0.15, -0.1) is 0 Å². The Morgan fingerprint density at radius 2 is 1.67 bits per heavy atom. The van der Waals surface area contributed by atoms with E-state index in [1.165, 1.54) is 0 Å². The maximum atomic E-state index is 13.0. The topological polar surface area (TPSA) is 84.0 Å². The third-order valence-corrected chi connectivity index (χ3v) is 4.64. The number of nitrogens with zero attached hydrogens (tertiary/aromatic N) is 2. The van der Waals surface area contributed by atoms with Crippen molar-refractivity contribution in [2.24, 2.45) is 0 Å². The van der Waals surface area contributed by atoms with Gasteiger partial charge in [-0.2, -0.15) is 0 Å². The Bertz CT molecular complexity index is 1010. The van der Waals surface area contributed by atoms with Gasteiger partial charge < -0.3 is 9.74 Å². The molecule has 0 fully saturated rings. The van der Waals surface area contributed by atoms with Crippen molar-refractivity contribution in [3.63, 3.8) is 0 Å². The van der Waals surface area contributed by atoms with E-state index < -0.39 is 17.8 Å². The van der Waals surface area contributed by atoms with Crippen LogP contribution in [0.2, 0.25) is 0 Å². The summed E-state index contributed by atoms with van der Waals surface area (Å²) in [6, 6.07) is 7.40. The Morgan fingerprint density at radius 3 is 2.33 bits per heavy atom. The van der Waals surface area contributed by atoms with Crippen molar-refractivity contribution in [2.45, 2.75) is 12.8 Å². The minimum Gasteiger partial charge on any atom is -0.330 e. The van der Waals surface area contributed by atoms with E-state index in [1.54, 1.807) is 17.1 Å². The smallest absolute Gasteiger partial charge is 0.330 e. The molecule has 30 heavy (non-hydrogen) atoms. The van der Waals surface area contributed by atoms with Crippen LogP contribution < -0.4 is 4.90 Å². The summed E-state index contributed by atoms with van der Waals surface area (Å²) in [5, 5.41) is 0.373. The number of allylic oxidation sites excluding steroid dienone is 3. The van der Waals surface area contributed by atoms with Gasteiger partial charge in [0.1, 0.15) is 0 Å². The number of amides is 3. The molecule has 0 bridgehead atoms. The Labute approximate surface area is 173 Å². The number of fused-ring (bicyclic) bond motifs is 1. The largest absolute Gasteiger partial charge is 0.333 e. The fourth-order valence-electron chi connectivity index (χ4n) is 3.08. The van der Waals surface area contributed by atoms with Gasteiger partial charge in [-0.05, 0) is 22.8 Å². The Morgan fingerprint density at radius 1 is 0.967 bits per heavy atom. The molecule has 3 rings (SSSR count). The summed E-state index contributed by atoms with van der Waals surface area (Å²) in [5.41, 5.74) is 3.19. The third-order valence-electron chi connectivity index (χ3n) is 4.64. The third kappa shape index (κ3) is 4.35. The molecule has 1 aromatic rings. The molecule has 0 N–H and O–H groups in total. The highest BCUT2D eigenvalue weighted by Crippen LogP contribution is 2.28. The van der Waals surface area contributed by atoms with Crippen molar-refractivity contribution in [3.05, 3.63) is 84.5 Å². The van der Waals surface area contributed by atoms with Crippen LogP contribution in [0.1, 0.15) is 18.4 Å². The first-order valence-electron chi connectivity index (χ1n) is 9.27. The average molecular weight is 404 g/mol. The number of para-hydroxylation sites is 1. The van der Waals surface area contributed by atoms with Gasteiger partial charge in [0.2, 0.25) is 5.91 Å². The highest BCUT2D eigenvalue weighted by molar-refractivity contribution is 6.12. The summed E-state index contributed by atoms with van der Waals surface area (Å²) in [4.78, 5) is 54.4. The van der Waals surface area contributed by atoms with Crippen LogP contribution in [-0.4, -0.2) is 35.3 Å². The monoisotopic (exact) mass is 404 g/mol. The van der Waals surface area contributed by atoms with Crippen molar-refractivity contribution in [2.75, 3.05) is 11.4 Å². The second-order valence-corrected chi connectivity index (χ2v) is 6.53. The lowest BCUT2D eigenvalue weighted by Gasteiger charge is -2.27. The van der Waals surface area contributed by atoms with E-state index in [0.717, 1.165) is 28.9 Å². The van der Waals surface area contributed by atoms with Crippen LogP contribution in [0, 0.1) is 0 Å². The van der Waals surface area contributed by atoms with E-state index in [4.69, 9.17) is 4.84 Å². The lowest BCUT2D eigenvalue weighted by molar-refractivity contribution is -0.196. The van der Waals surface area contributed by atoms with Crippen LogP contribution in [0.25, 0.3) is 6.08 Å². The van der Waals surface area contributed by atoms with Crippen LogP contribution in [0.4, 0.5) is 5.69 Å². The predicted molar refractivity (Wildman–Crippen MR) is 112 cm³/mol. The van der Waals surface area contributed by atoms with E-state index in [0.29, 0.717) is 10.8 Å². The van der Waals surface area contributed by atoms with Gasteiger partial charge >= 0.3 is 5.97 Å². The van der Waals surface area contributed by atoms with Crippen LogP contribution in [0.15, 0.2) is 78.9 Å². The molecule has 152 valence electrons. The molecular formula is C23H20N2O5. The molecule has 0 saturated heterocycles. The number of rotatable bonds is 6. The summed E-state index contributed by atoms with van der Waals surface area (Å²) in [6.07, 6.45) is 8.74. The number of hydrogen-bond donors (Lipinski definition) is 0. The van der Waals surface area contributed by atoms with Crippen molar-refractivity contribution in [1.82, 2.24) is 5.06 Å². The van der Waals surface area contributed by atoms with Gasteiger partial charge in [0.15, 0.2) is 0 Å². The first kappa shape index (κ1) is 20.7. The van der Waals surface area contributed by atoms with Gasteiger partial charge in [0.05, 0.1) is 18.7 Å². The van der Waals surface area contributed by atoms with Crippen molar-refractivity contribution in [1.29, 1.82) is 0 Å². The number of carbonyl (C=O) groups excluding carboxylic acids is 4. The maximum absolute atomic E-state index is 13.0. The normalized spacial score (nSPS) is 19.1. The molecule has 0 radical (unpaired) electrons. The molecule has 7 nitrogen and oxygen atoms in total. The quantitative estimate of drug-likeness (QED) is 0.681. The molecular weight excluding hydrogens is 384 g/mol. The molecule has 2 heterocycles. The van der Waals surface area contributed by atoms with E-state index in [1.807, 2.05) is 36.4 Å². The number of anilines is 1. The highest BCUT2D eigenvalue weighted by atomic mass is 16.7. The first-order valence-corrected chi connectivity index (χ1v) is 9.27. The van der Waals surface area contributed by atoms with E-state index in [2.05, 4.69) is 13.2 Å². The van der Waals surface area contributed by atoms with E-state index >= 15 is 0 Å². The summed E-state index contributed by atoms with van der Waals surface area (Å²) in [7, 11) is 0. The standard InChI is InChI=1S/C23H20N2O5/c1-3-16-9-10-18-7-5-6-8-19(18)24(15-17(16)4-2)20(26)13-14-23(29)30-25-21(27)11-12-22(25)28/h3-12H,1-2,13-15H2/b10-9-,17-16-. The zero-order valence-corrected chi connectivity index (χ0v) is 16.2. The molecule has 0 spiro atoms. The van der Waals surface area contributed by atoms with Crippen molar-refractivity contribution in [3.8, 4) is 0 Å². The van der Waals surface area contributed by atoms with E-state index in [-0.39, 0.29) is 25.3 Å². The molecule has 1 aromatic carbocycles. The van der Waals surface area contributed by atoms with Gasteiger partial charge in [-0.25, -0.2) is 4.79 Å². The molecule has 2 aliphatic heterocycles. The number of hydrogen-bond acceptors (Lipinski definition) is 5. The van der Waals surface area contributed by atoms with Gasteiger partial charge in [0.25, 0.3) is 11.8 Å². The number of benzene rings is 1. The Hall–Kier alpha value is -4.00. The molecule has 0 unspecified atom stereocenters. The zero-order chi connectivity index (χ0) is 21.7. The van der Waals surface area contributed by atoms with E-state index in [9.17, 15) is 19.2 Å². The molecule has 0 aliphatic carbocycles. The van der Waals surface area contributed by atoms with Crippen molar-refractivity contribution < 1.29 is 24.0 Å². The van der Waals surface area contributed by atoms with Crippen LogP contribution in [0.5, 0.6) is 0 Å². The average Bonchev–Trinajstić information content (AvgIpc) is 3.05. The summed E-state index contributed by atoms with van der Waals surface area (Å²) in [5.74, 6) is -2.63.